The van der Waals surface area contributed by atoms with Gasteiger partial charge in [-0.3, -0.25) is 10.1 Å². The molecule has 0 aliphatic carbocycles. The molecule has 0 radical (unpaired) electrons. The number of fused-ring (bicyclic) bond motifs is 1. The van der Waals surface area contributed by atoms with Gasteiger partial charge in [0.2, 0.25) is 0 Å². The van der Waals surface area contributed by atoms with Gasteiger partial charge in [-0.05, 0) is 18.1 Å². The molecule has 0 fully saturated rings. The SMILES string of the molecule is COCC(Nc1cncc(OCC(N)Cc2ccccc2)c1)c1n[nH]c2ccccc12. The molecule has 2 atom stereocenters. The largest absolute Gasteiger partial charge is 0.490 e. The zero-order valence-corrected chi connectivity index (χ0v) is 17.5. The number of rotatable bonds is 10. The second-order valence-corrected chi connectivity index (χ2v) is 7.48. The van der Waals surface area contributed by atoms with E-state index < -0.39 is 0 Å². The quantitative estimate of drug-likeness (QED) is 0.364. The van der Waals surface area contributed by atoms with Gasteiger partial charge in [0.15, 0.2) is 0 Å². The summed E-state index contributed by atoms with van der Waals surface area (Å²) >= 11 is 0. The van der Waals surface area contributed by atoms with E-state index in [-0.39, 0.29) is 12.1 Å². The van der Waals surface area contributed by atoms with Crippen LogP contribution in [-0.4, -0.2) is 41.5 Å². The lowest BCUT2D eigenvalue weighted by atomic mass is 10.1. The maximum absolute atomic E-state index is 6.24. The Morgan fingerprint density at radius 1 is 1.03 bits per heavy atom. The number of nitrogens with one attached hydrogen (secondary N) is 2. The molecule has 4 N–H and O–H groups in total. The normalized spacial score (nSPS) is 13.1. The van der Waals surface area contributed by atoms with Crippen LogP contribution in [0.15, 0.2) is 73.1 Å². The van der Waals surface area contributed by atoms with Gasteiger partial charge in [-0.15, -0.1) is 0 Å². The van der Waals surface area contributed by atoms with Crippen molar-refractivity contribution in [2.24, 2.45) is 5.73 Å². The molecule has 0 bridgehead atoms. The summed E-state index contributed by atoms with van der Waals surface area (Å²) in [5.74, 6) is 0.663. The second kappa shape index (κ2) is 10.1. The van der Waals surface area contributed by atoms with Crippen LogP contribution >= 0.6 is 0 Å². The first-order valence-corrected chi connectivity index (χ1v) is 10.3. The number of H-pyrrole nitrogens is 1. The molecule has 0 aliphatic heterocycles. The fourth-order valence-corrected chi connectivity index (χ4v) is 3.56. The minimum atomic E-state index is -0.140. The van der Waals surface area contributed by atoms with Crippen LogP contribution < -0.4 is 15.8 Å². The molecule has 0 saturated carbocycles. The molecule has 0 saturated heterocycles. The first-order valence-electron chi connectivity index (χ1n) is 10.3. The Bertz CT molecular complexity index is 1100. The molecule has 2 heterocycles. The van der Waals surface area contributed by atoms with E-state index in [0.717, 1.165) is 28.7 Å². The predicted molar refractivity (Wildman–Crippen MR) is 122 cm³/mol. The van der Waals surface area contributed by atoms with Crippen molar-refractivity contribution in [1.29, 1.82) is 0 Å². The van der Waals surface area contributed by atoms with Gasteiger partial charge in [-0.1, -0.05) is 48.5 Å². The zero-order chi connectivity index (χ0) is 21.5. The number of pyridine rings is 1. The highest BCUT2D eigenvalue weighted by Crippen LogP contribution is 2.26. The van der Waals surface area contributed by atoms with Crippen LogP contribution in [0.25, 0.3) is 10.9 Å². The number of hydrogen-bond acceptors (Lipinski definition) is 6. The van der Waals surface area contributed by atoms with Crippen LogP contribution in [0.4, 0.5) is 5.69 Å². The lowest BCUT2D eigenvalue weighted by Crippen LogP contribution is -2.30. The summed E-state index contributed by atoms with van der Waals surface area (Å²) in [6.45, 7) is 0.868. The Morgan fingerprint density at radius 2 is 1.84 bits per heavy atom. The molecule has 2 unspecified atom stereocenters. The molecule has 7 heteroatoms. The zero-order valence-electron chi connectivity index (χ0n) is 17.5. The Morgan fingerprint density at radius 3 is 2.68 bits per heavy atom. The Kier molecular flexibility index (Phi) is 6.76. The molecule has 4 aromatic rings. The smallest absolute Gasteiger partial charge is 0.139 e. The molecule has 7 nitrogen and oxygen atoms in total. The van der Waals surface area contributed by atoms with Crippen LogP contribution in [0.2, 0.25) is 0 Å². The Labute approximate surface area is 181 Å². The van der Waals surface area contributed by atoms with Crippen LogP contribution in [0.1, 0.15) is 17.3 Å². The molecule has 0 amide bonds. The van der Waals surface area contributed by atoms with Gasteiger partial charge < -0.3 is 20.5 Å². The van der Waals surface area contributed by atoms with E-state index >= 15 is 0 Å². The van der Waals surface area contributed by atoms with Gasteiger partial charge >= 0.3 is 0 Å². The second-order valence-electron chi connectivity index (χ2n) is 7.48. The average Bonchev–Trinajstić information content (AvgIpc) is 3.23. The number of hydrogen-bond donors (Lipinski definition) is 3. The molecule has 0 aliphatic rings. The van der Waals surface area contributed by atoms with E-state index in [1.165, 1.54) is 5.56 Å². The number of anilines is 1. The maximum Gasteiger partial charge on any atom is 0.139 e. The van der Waals surface area contributed by atoms with Gasteiger partial charge in [0.25, 0.3) is 0 Å². The third-order valence-corrected chi connectivity index (χ3v) is 5.02. The Hall–Kier alpha value is -3.42. The number of aromatic amines is 1. The van der Waals surface area contributed by atoms with Crippen molar-refractivity contribution >= 4 is 16.6 Å². The number of methoxy groups -OCH3 is 1. The predicted octanol–water partition coefficient (Wildman–Crippen LogP) is 3.71. The van der Waals surface area contributed by atoms with Gasteiger partial charge in [-0.25, -0.2) is 0 Å². The van der Waals surface area contributed by atoms with Crippen molar-refractivity contribution in [2.75, 3.05) is 25.6 Å². The summed E-state index contributed by atoms with van der Waals surface area (Å²) in [5, 5.41) is 12.1. The highest BCUT2D eigenvalue weighted by molar-refractivity contribution is 5.82. The van der Waals surface area contributed by atoms with E-state index in [9.17, 15) is 0 Å². The average molecular weight is 418 g/mol. The van der Waals surface area contributed by atoms with Gasteiger partial charge in [0.05, 0.1) is 41.9 Å². The fraction of sp³-hybridized carbons (Fsp3) is 0.250. The monoisotopic (exact) mass is 417 g/mol. The minimum Gasteiger partial charge on any atom is -0.490 e. The molecular weight excluding hydrogens is 390 g/mol. The van der Waals surface area contributed by atoms with E-state index in [0.29, 0.717) is 19.0 Å². The van der Waals surface area contributed by atoms with Gasteiger partial charge in [0, 0.05) is 24.6 Å². The van der Waals surface area contributed by atoms with Crippen LogP contribution in [-0.2, 0) is 11.2 Å². The molecule has 4 rings (SSSR count). The molecule has 160 valence electrons. The summed E-state index contributed by atoms with van der Waals surface area (Å²) in [4.78, 5) is 4.31. The third kappa shape index (κ3) is 5.39. The molecule has 2 aromatic heterocycles. The van der Waals surface area contributed by atoms with Crippen molar-refractivity contribution in [2.45, 2.75) is 18.5 Å². The standard InChI is InChI=1S/C24H27N5O2/c1-30-16-23(24-21-9-5-6-10-22(21)28-29-24)27-19-12-20(14-26-13-19)31-15-18(25)11-17-7-3-2-4-8-17/h2-10,12-14,18,23,27H,11,15-16,25H2,1H3,(H,28,29). The number of ether oxygens (including phenoxy) is 2. The van der Waals surface area contributed by atoms with Crippen molar-refractivity contribution < 1.29 is 9.47 Å². The van der Waals surface area contributed by atoms with Crippen molar-refractivity contribution in [3.05, 3.63) is 84.3 Å². The van der Waals surface area contributed by atoms with E-state index in [2.05, 4.69) is 32.6 Å². The molecule has 31 heavy (non-hydrogen) atoms. The lowest BCUT2D eigenvalue weighted by Gasteiger charge is -2.18. The summed E-state index contributed by atoms with van der Waals surface area (Å²) in [5.41, 5.74) is 10.1. The summed E-state index contributed by atoms with van der Waals surface area (Å²) in [6, 6.07) is 19.9. The lowest BCUT2D eigenvalue weighted by molar-refractivity contribution is 0.185. The van der Waals surface area contributed by atoms with E-state index in [1.54, 1.807) is 19.5 Å². The van der Waals surface area contributed by atoms with Crippen LogP contribution in [0, 0.1) is 0 Å². The van der Waals surface area contributed by atoms with Gasteiger partial charge in [-0.2, -0.15) is 5.10 Å². The number of nitrogens with two attached hydrogens (primary N) is 1. The summed E-state index contributed by atoms with van der Waals surface area (Å²) in [7, 11) is 1.68. The highest BCUT2D eigenvalue weighted by atomic mass is 16.5. The number of benzene rings is 2. The van der Waals surface area contributed by atoms with E-state index in [4.69, 9.17) is 15.2 Å². The third-order valence-electron chi connectivity index (χ3n) is 5.02. The van der Waals surface area contributed by atoms with Crippen LogP contribution in [0.5, 0.6) is 5.75 Å². The van der Waals surface area contributed by atoms with Crippen molar-refractivity contribution in [3.8, 4) is 5.75 Å². The molecule has 2 aromatic carbocycles. The van der Waals surface area contributed by atoms with Gasteiger partial charge in [0.1, 0.15) is 12.4 Å². The fourth-order valence-electron chi connectivity index (χ4n) is 3.56. The number of nitrogens with zero attached hydrogens (tertiary/aromatic N) is 2. The van der Waals surface area contributed by atoms with E-state index in [1.807, 2.05) is 48.5 Å². The maximum atomic E-state index is 6.24. The van der Waals surface area contributed by atoms with Crippen molar-refractivity contribution in [1.82, 2.24) is 15.2 Å². The highest BCUT2D eigenvalue weighted by Gasteiger charge is 2.18. The van der Waals surface area contributed by atoms with Crippen molar-refractivity contribution in [3.63, 3.8) is 0 Å². The topological polar surface area (TPSA) is 98.1 Å². The number of para-hydroxylation sites is 1. The Balaban J connectivity index is 1.42. The first-order chi connectivity index (χ1) is 15.2. The first kappa shape index (κ1) is 20.8. The summed E-state index contributed by atoms with van der Waals surface area (Å²) in [6.07, 6.45) is 4.21. The number of aromatic nitrogens is 3. The molecular formula is C24H27N5O2. The molecule has 0 spiro atoms. The van der Waals surface area contributed by atoms with Crippen LogP contribution in [0.3, 0.4) is 0 Å². The minimum absolute atomic E-state index is 0.101. The summed E-state index contributed by atoms with van der Waals surface area (Å²) < 4.78 is 11.3.